The lowest BCUT2D eigenvalue weighted by molar-refractivity contribution is 0.226. The van der Waals surface area contributed by atoms with Crippen LogP contribution in [0.3, 0.4) is 0 Å². The lowest BCUT2D eigenvalue weighted by Crippen LogP contribution is -2.33. The molecule has 1 aromatic heterocycles. The fourth-order valence-corrected chi connectivity index (χ4v) is 2.23. The summed E-state index contributed by atoms with van der Waals surface area (Å²) in [7, 11) is 2.16. The van der Waals surface area contributed by atoms with Gasteiger partial charge in [-0.1, -0.05) is 11.6 Å². The molecule has 2 rings (SSSR count). The summed E-state index contributed by atoms with van der Waals surface area (Å²) in [6.45, 7) is 3.25. The SMILES string of the molecule is CN1CCC(CNc2cc(Cl)nc(N)n2)CC1. The van der Waals surface area contributed by atoms with Crippen molar-refractivity contribution in [2.24, 2.45) is 5.92 Å². The van der Waals surface area contributed by atoms with Crippen molar-refractivity contribution >= 4 is 23.4 Å². The molecule has 6 heteroatoms. The standard InChI is InChI=1S/C11H18ClN5/c1-17-4-2-8(3-5-17)7-14-10-6-9(12)15-11(13)16-10/h6,8H,2-5,7H2,1H3,(H3,13,14,15,16). The molecule has 0 aliphatic carbocycles. The van der Waals surface area contributed by atoms with E-state index in [0.717, 1.165) is 6.54 Å². The van der Waals surface area contributed by atoms with E-state index in [4.69, 9.17) is 17.3 Å². The van der Waals surface area contributed by atoms with Gasteiger partial charge in [0.15, 0.2) is 0 Å². The van der Waals surface area contributed by atoms with Crippen LogP contribution in [0.4, 0.5) is 11.8 Å². The second-order valence-corrected chi connectivity index (χ2v) is 4.95. The lowest BCUT2D eigenvalue weighted by atomic mass is 9.97. The molecule has 0 unspecified atom stereocenters. The Hall–Kier alpha value is -1.07. The first kappa shape index (κ1) is 12.4. The number of hydrogen-bond acceptors (Lipinski definition) is 5. The minimum absolute atomic E-state index is 0.211. The molecule has 0 spiro atoms. The largest absolute Gasteiger partial charge is 0.370 e. The van der Waals surface area contributed by atoms with Crippen molar-refractivity contribution in [3.63, 3.8) is 0 Å². The van der Waals surface area contributed by atoms with Gasteiger partial charge >= 0.3 is 0 Å². The summed E-state index contributed by atoms with van der Waals surface area (Å²) >= 11 is 5.81. The Morgan fingerprint density at radius 1 is 1.47 bits per heavy atom. The third-order valence-corrected chi connectivity index (χ3v) is 3.32. The molecule has 1 aliphatic heterocycles. The molecule has 17 heavy (non-hydrogen) atoms. The van der Waals surface area contributed by atoms with Gasteiger partial charge in [-0.3, -0.25) is 0 Å². The molecule has 3 N–H and O–H groups in total. The number of nitrogen functional groups attached to an aromatic ring is 1. The Bertz CT molecular complexity index is 356. The van der Waals surface area contributed by atoms with Gasteiger partial charge < -0.3 is 16.0 Å². The highest BCUT2D eigenvalue weighted by Crippen LogP contribution is 2.18. The fraction of sp³-hybridized carbons (Fsp3) is 0.636. The van der Waals surface area contributed by atoms with E-state index in [9.17, 15) is 0 Å². The number of nitrogens with zero attached hydrogens (tertiary/aromatic N) is 3. The molecule has 1 saturated heterocycles. The van der Waals surface area contributed by atoms with E-state index in [-0.39, 0.29) is 5.95 Å². The zero-order valence-electron chi connectivity index (χ0n) is 9.99. The minimum Gasteiger partial charge on any atom is -0.370 e. The Balaban J connectivity index is 1.85. The number of nitrogens with two attached hydrogens (primary N) is 1. The Morgan fingerprint density at radius 2 is 2.18 bits per heavy atom. The van der Waals surface area contributed by atoms with Gasteiger partial charge in [-0.15, -0.1) is 0 Å². The van der Waals surface area contributed by atoms with E-state index in [1.165, 1.54) is 25.9 Å². The molecule has 0 aromatic carbocycles. The van der Waals surface area contributed by atoms with Gasteiger partial charge in [0.25, 0.3) is 0 Å². The average Bonchev–Trinajstić information content (AvgIpc) is 2.27. The summed E-state index contributed by atoms with van der Waals surface area (Å²) in [5, 5.41) is 3.65. The van der Waals surface area contributed by atoms with Gasteiger partial charge in [0.1, 0.15) is 11.0 Å². The lowest BCUT2D eigenvalue weighted by Gasteiger charge is -2.29. The highest BCUT2D eigenvalue weighted by Gasteiger charge is 2.16. The number of hydrogen-bond donors (Lipinski definition) is 2. The molecule has 1 aromatic rings. The summed E-state index contributed by atoms with van der Waals surface area (Å²) in [6, 6.07) is 1.70. The Labute approximate surface area is 106 Å². The summed E-state index contributed by atoms with van der Waals surface area (Å²) < 4.78 is 0. The maximum atomic E-state index is 5.81. The maximum Gasteiger partial charge on any atom is 0.223 e. The molecule has 0 bridgehead atoms. The van der Waals surface area contributed by atoms with Crippen LogP contribution in [0.25, 0.3) is 0 Å². The number of piperidine rings is 1. The number of likely N-dealkylation sites (tertiary alicyclic amines) is 1. The predicted molar refractivity (Wildman–Crippen MR) is 70.2 cm³/mol. The summed E-state index contributed by atoms with van der Waals surface area (Å²) in [5.74, 6) is 1.62. The molecule has 94 valence electrons. The zero-order chi connectivity index (χ0) is 12.3. The van der Waals surface area contributed by atoms with Crippen LogP contribution in [0, 0.1) is 5.92 Å². The molecule has 0 radical (unpaired) electrons. The van der Waals surface area contributed by atoms with E-state index >= 15 is 0 Å². The molecule has 0 saturated carbocycles. The van der Waals surface area contributed by atoms with E-state index in [0.29, 0.717) is 16.9 Å². The summed E-state index contributed by atoms with van der Waals surface area (Å²) in [4.78, 5) is 10.3. The highest BCUT2D eigenvalue weighted by atomic mass is 35.5. The van der Waals surface area contributed by atoms with Crippen molar-refractivity contribution in [1.29, 1.82) is 0 Å². The summed E-state index contributed by atoms with van der Waals surface area (Å²) in [5.41, 5.74) is 5.53. The molecular formula is C11H18ClN5. The highest BCUT2D eigenvalue weighted by molar-refractivity contribution is 6.29. The minimum atomic E-state index is 0.211. The number of anilines is 2. The number of nitrogens with one attached hydrogen (secondary N) is 1. The van der Waals surface area contributed by atoms with Gasteiger partial charge in [-0.05, 0) is 38.9 Å². The second-order valence-electron chi connectivity index (χ2n) is 4.56. The normalized spacial score (nSPS) is 18.2. The van der Waals surface area contributed by atoms with Crippen molar-refractivity contribution < 1.29 is 0 Å². The molecular weight excluding hydrogens is 238 g/mol. The van der Waals surface area contributed by atoms with Crippen LogP contribution in [-0.4, -0.2) is 41.5 Å². The van der Waals surface area contributed by atoms with Crippen molar-refractivity contribution in [2.45, 2.75) is 12.8 Å². The molecule has 1 fully saturated rings. The van der Waals surface area contributed by atoms with Crippen LogP contribution >= 0.6 is 11.6 Å². The summed E-state index contributed by atoms with van der Waals surface area (Å²) in [6.07, 6.45) is 2.44. The third kappa shape index (κ3) is 3.71. The smallest absolute Gasteiger partial charge is 0.223 e. The number of aromatic nitrogens is 2. The first-order chi connectivity index (χ1) is 8.13. The van der Waals surface area contributed by atoms with Crippen LogP contribution in [0.2, 0.25) is 5.15 Å². The van der Waals surface area contributed by atoms with Crippen molar-refractivity contribution in [2.75, 3.05) is 37.7 Å². The molecule has 5 nitrogen and oxygen atoms in total. The first-order valence-corrected chi connectivity index (χ1v) is 6.24. The van der Waals surface area contributed by atoms with Crippen LogP contribution in [0.5, 0.6) is 0 Å². The third-order valence-electron chi connectivity index (χ3n) is 3.12. The number of rotatable bonds is 3. The predicted octanol–water partition coefficient (Wildman–Crippen LogP) is 1.47. The zero-order valence-corrected chi connectivity index (χ0v) is 10.7. The van der Waals surface area contributed by atoms with Crippen LogP contribution in [0.1, 0.15) is 12.8 Å². The molecule has 2 heterocycles. The van der Waals surface area contributed by atoms with Gasteiger partial charge in [0.05, 0.1) is 0 Å². The van der Waals surface area contributed by atoms with E-state index in [1.807, 2.05) is 0 Å². The van der Waals surface area contributed by atoms with E-state index < -0.39 is 0 Å². The molecule has 1 aliphatic rings. The maximum absolute atomic E-state index is 5.81. The van der Waals surface area contributed by atoms with Gasteiger partial charge in [-0.2, -0.15) is 4.98 Å². The van der Waals surface area contributed by atoms with Crippen LogP contribution in [0.15, 0.2) is 6.07 Å². The number of halogens is 1. The Morgan fingerprint density at radius 3 is 2.82 bits per heavy atom. The molecule has 0 amide bonds. The quantitative estimate of drug-likeness (QED) is 0.801. The molecule has 0 atom stereocenters. The van der Waals surface area contributed by atoms with Crippen LogP contribution in [-0.2, 0) is 0 Å². The van der Waals surface area contributed by atoms with Crippen molar-refractivity contribution in [3.8, 4) is 0 Å². The monoisotopic (exact) mass is 255 g/mol. The average molecular weight is 256 g/mol. The van der Waals surface area contributed by atoms with Gasteiger partial charge in [-0.25, -0.2) is 4.98 Å². The van der Waals surface area contributed by atoms with Crippen molar-refractivity contribution in [3.05, 3.63) is 11.2 Å². The van der Waals surface area contributed by atoms with Gasteiger partial charge in [0.2, 0.25) is 5.95 Å². The Kier molecular flexibility index (Phi) is 4.02. The first-order valence-electron chi connectivity index (χ1n) is 5.86. The van der Waals surface area contributed by atoms with Gasteiger partial charge in [0, 0.05) is 12.6 Å². The fourth-order valence-electron chi connectivity index (χ4n) is 2.04. The second kappa shape index (κ2) is 5.51. The van der Waals surface area contributed by atoms with E-state index in [1.54, 1.807) is 6.07 Å². The van der Waals surface area contributed by atoms with Crippen molar-refractivity contribution in [1.82, 2.24) is 14.9 Å². The topological polar surface area (TPSA) is 67.1 Å². The van der Waals surface area contributed by atoms with Crippen LogP contribution < -0.4 is 11.1 Å². The van der Waals surface area contributed by atoms with E-state index in [2.05, 4.69) is 27.2 Å².